The molecule has 6 unspecified atom stereocenters. The molecule has 3 aromatic rings. The summed E-state index contributed by atoms with van der Waals surface area (Å²) in [5.41, 5.74) is 2.43. The molecule has 3 aliphatic carbocycles. The van der Waals surface area contributed by atoms with E-state index < -0.39 is 35.0 Å². The summed E-state index contributed by atoms with van der Waals surface area (Å²) < 4.78 is 0. The molecule has 41 heavy (non-hydrogen) atoms. The number of aryl methyl sites for hydroxylation is 1. The SMILES string of the molecule is Cc1cccc(C2C3=CCC4C(=O)NC(=O)C4C3CC3C(=O)C(c4ccccc4)=CC(=O)C32c2ccccc2)c1O. The van der Waals surface area contributed by atoms with Crippen LogP contribution in [0.2, 0.25) is 0 Å². The number of hydrogen-bond acceptors (Lipinski definition) is 5. The van der Waals surface area contributed by atoms with Gasteiger partial charge in [0, 0.05) is 23.0 Å². The fraction of sp³-hybridized carbons (Fsp3) is 0.257. The molecule has 0 radical (unpaired) electrons. The summed E-state index contributed by atoms with van der Waals surface area (Å²) in [6.45, 7) is 1.81. The minimum absolute atomic E-state index is 0.0697. The lowest BCUT2D eigenvalue weighted by Crippen LogP contribution is -2.58. The van der Waals surface area contributed by atoms with E-state index in [1.54, 1.807) is 13.0 Å². The lowest BCUT2D eigenvalue weighted by molar-refractivity contribution is -0.135. The Labute approximate surface area is 237 Å². The number of Topliss-reactive ketones (excluding diaryl/α,β-unsaturated/α-hetero) is 1. The molecule has 6 nitrogen and oxygen atoms in total. The van der Waals surface area contributed by atoms with Gasteiger partial charge < -0.3 is 5.11 Å². The molecule has 2 N–H and O–H groups in total. The lowest BCUT2D eigenvalue weighted by Gasteiger charge is -2.55. The summed E-state index contributed by atoms with van der Waals surface area (Å²) in [7, 11) is 0. The van der Waals surface area contributed by atoms with Crippen molar-refractivity contribution in [3.63, 3.8) is 0 Å². The first-order valence-corrected chi connectivity index (χ1v) is 14.1. The molecule has 1 aliphatic heterocycles. The minimum Gasteiger partial charge on any atom is -0.507 e. The van der Waals surface area contributed by atoms with E-state index in [1.165, 1.54) is 6.08 Å². The second-order valence-corrected chi connectivity index (χ2v) is 11.7. The Hall–Kier alpha value is -4.58. The number of phenolic OH excluding ortho intramolecular Hbond substituents is 1. The van der Waals surface area contributed by atoms with Crippen LogP contribution >= 0.6 is 0 Å². The van der Waals surface area contributed by atoms with Crippen LogP contribution in [0.3, 0.4) is 0 Å². The van der Waals surface area contributed by atoms with Crippen LogP contribution in [0.4, 0.5) is 0 Å². The van der Waals surface area contributed by atoms with Crippen LogP contribution in [0.15, 0.2) is 96.6 Å². The van der Waals surface area contributed by atoms with Gasteiger partial charge in [-0.1, -0.05) is 90.5 Å². The Balaban J connectivity index is 1.55. The number of allylic oxidation sites excluding steroid dienone is 4. The third kappa shape index (κ3) is 3.49. The monoisotopic (exact) mass is 543 g/mol. The molecule has 1 saturated heterocycles. The van der Waals surface area contributed by atoms with Gasteiger partial charge in [0.25, 0.3) is 0 Å². The van der Waals surface area contributed by atoms with Gasteiger partial charge in [-0.3, -0.25) is 24.5 Å². The molecular weight excluding hydrogens is 514 g/mol. The molecule has 6 heteroatoms. The van der Waals surface area contributed by atoms with Gasteiger partial charge in [-0.05, 0) is 48.4 Å². The highest BCUT2D eigenvalue weighted by molar-refractivity contribution is 6.31. The molecular formula is C35H29NO5. The van der Waals surface area contributed by atoms with Crippen molar-refractivity contribution in [2.75, 3.05) is 0 Å². The smallest absolute Gasteiger partial charge is 0.231 e. The van der Waals surface area contributed by atoms with Crippen LogP contribution in [0.5, 0.6) is 5.75 Å². The van der Waals surface area contributed by atoms with E-state index in [-0.39, 0.29) is 35.6 Å². The number of carbonyl (C=O) groups excluding carboxylic acids is 4. The van der Waals surface area contributed by atoms with Crippen LogP contribution < -0.4 is 5.32 Å². The maximum Gasteiger partial charge on any atom is 0.231 e. The zero-order chi connectivity index (χ0) is 28.5. The van der Waals surface area contributed by atoms with Gasteiger partial charge >= 0.3 is 0 Å². The number of ketones is 2. The van der Waals surface area contributed by atoms with E-state index in [2.05, 4.69) is 5.32 Å². The molecule has 6 atom stereocenters. The van der Waals surface area contributed by atoms with E-state index in [9.17, 15) is 24.3 Å². The van der Waals surface area contributed by atoms with Gasteiger partial charge in [-0.25, -0.2) is 0 Å². The zero-order valence-electron chi connectivity index (χ0n) is 22.5. The van der Waals surface area contributed by atoms with Crippen molar-refractivity contribution in [3.8, 4) is 5.75 Å². The quantitative estimate of drug-likeness (QED) is 0.365. The van der Waals surface area contributed by atoms with Crippen molar-refractivity contribution < 1.29 is 24.3 Å². The van der Waals surface area contributed by atoms with E-state index in [4.69, 9.17) is 0 Å². The molecule has 7 rings (SSSR count). The predicted octanol–water partition coefficient (Wildman–Crippen LogP) is 4.81. The fourth-order valence-electron chi connectivity index (χ4n) is 8.04. The second kappa shape index (κ2) is 9.23. The molecule has 2 fully saturated rings. The standard InChI is InChI=1S/C35H29NO5/c1-19-9-8-14-24(31(19)38)30-22-15-16-23-29(34(41)36-33(23)40)26(22)17-27-32(39)25(20-10-4-2-5-11-20)18-28(37)35(27,30)21-12-6-3-7-13-21/h2-15,18,23,26-27,29-30,38H,16-17H2,1H3,(H,36,40,41). The number of carbonyl (C=O) groups is 4. The Kier molecular flexibility index (Phi) is 5.72. The van der Waals surface area contributed by atoms with Crippen molar-refractivity contribution in [3.05, 3.63) is 119 Å². The van der Waals surface area contributed by atoms with Crippen molar-refractivity contribution in [2.24, 2.45) is 23.7 Å². The molecule has 1 saturated carbocycles. The van der Waals surface area contributed by atoms with E-state index in [1.807, 2.05) is 78.9 Å². The fourth-order valence-corrected chi connectivity index (χ4v) is 8.04. The van der Waals surface area contributed by atoms with Crippen LogP contribution in [-0.4, -0.2) is 28.5 Å². The Morgan fingerprint density at radius 2 is 1.54 bits per heavy atom. The zero-order valence-corrected chi connectivity index (χ0v) is 22.5. The second-order valence-electron chi connectivity index (χ2n) is 11.7. The highest BCUT2D eigenvalue weighted by Crippen LogP contribution is 2.64. The summed E-state index contributed by atoms with van der Waals surface area (Å²) in [5, 5.41) is 14.0. The largest absolute Gasteiger partial charge is 0.507 e. The van der Waals surface area contributed by atoms with E-state index >= 15 is 0 Å². The number of para-hydroxylation sites is 1. The van der Waals surface area contributed by atoms with Gasteiger partial charge in [0.2, 0.25) is 11.8 Å². The molecule has 0 bridgehead atoms. The number of benzene rings is 3. The van der Waals surface area contributed by atoms with Crippen molar-refractivity contribution in [1.82, 2.24) is 5.32 Å². The summed E-state index contributed by atoms with van der Waals surface area (Å²) in [5.74, 6) is -4.00. The summed E-state index contributed by atoms with van der Waals surface area (Å²) in [6, 6.07) is 24.0. The predicted molar refractivity (Wildman–Crippen MR) is 153 cm³/mol. The van der Waals surface area contributed by atoms with Crippen LogP contribution in [0.1, 0.15) is 41.0 Å². The molecule has 204 valence electrons. The number of phenols is 1. The normalized spacial score (nSPS) is 30.5. The van der Waals surface area contributed by atoms with Crippen LogP contribution in [0.25, 0.3) is 5.57 Å². The summed E-state index contributed by atoms with van der Waals surface area (Å²) in [6.07, 6.45) is 4.09. The van der Waals surface area contributed by atoms with Crippen LogP contribution in [-0.2, 0) is 24.6 Å². The molecule has 4 aliphatic rings. The number of aromatic hydroxyl groups is 1. The third-order valence-electron chi connectivity index (χ3n) is 9.80. The van der Waals surface area contributed by atoms with Gasteiger partial charge in [-0.2, -0.15) is 0 Å². The van der Waals surface area contributed by atoms with Crippen molar-refractivity contribution >= 4 is 29.0 Å². The number of rotatable bonds is 3. The highest BCUT2D eigenvalue weighted by Gasteiger charge is 2.65. The first-order chi connectivity index (χ1) is 19.8. The Morgan fingerprint density at radius 3 is 2.27 bits per heavy atom. The summed E-state index contributed by atoms with van der Waals surface area (Å²) >= 11 is 0. The van der Waals surface area contributed by atoms with Gasteiger partial charge in [0.1, 0.15) is 5.75 Å². The molecule has 1 heterocycles. The Bertz CT molecular complexity index is 1690. The third-order valence-corrected chi connectivity index (χ3v) is 9.80. The number of fused-ring (bicyclic) bond motifs is 4. The van der Waals surface area contributed by atoms with Gasteiger partial charge in [0.05, 0.1) is 17.3 Å². The molecule has 2 amide bonds. The highest BCUT2D eigenvalue weighted by atomic mass is 16.3. The lowest BCUT2D eigenvalue weighted by atomic mass is 9.44. The first-order valence-electron chi connectivity index (χ1n) is 14.1. The van der Waals surface area contributed by atoms with E-state index in [0.29, 0.717) is 34.2 Å². The molecule has 3 aromatic carbocycles. The van der Waals surface area contributed by atoms with Crippen molar-refractivity contribution in [1.29, 1.82) is 0 Å². The minimum atomic E-state index is -1.34. The topological polar surface area (TPSA) is 101 Å². The molecule has 0 spiro atoms. The molecule has 0 aromatic heterocycles. The maximum atomic E-state index is 14.8. The number of hydrogen-bond donors (Lipinski definition) is 2. The van der Waals surface area contributed by atoms with Crippen molar-refractivity contribution in [2.45, 2.75) is 31.1 Å². The van der Waals surface area contributed by atoms with E-state index in [0.717, 1.165) is 5.57 Å². The number of imide groups is 1. The number of amides is 2. The summed E-state index contributed by atoms with van der Waals surface area (Å²) in [4.78, 5) is 55.4. The Morgan fingerprint density at radius 1 is 0.829 bits per heavy atom. The van der Waals surface area contributed by atoms with Gasteiger partial charge in [0.15, 0.2) is 11.6 Å². The maximum absolute atomic E-state index is 14.8. The van der Waals surface area contributed by atoms with Crippen LogP contribution in [0, 0.1) is 30.6 Å². The number of nitrogens with one attached hydrogen (secondary N) is 1. The average molecular weight is 544 g/mol. The van der Waals surface area contributed by atoms with Gasteiger partial charge in [-0.15, -0.1) is 0 Å². The average Bonchev–Trinajstić information content (AvgIpc) is 3.29. The first kappa shape index (κ1) is 25.4.